The average molecular weight is 404 g/mol. The number of fused-ring (bicyclic) bond motifs is 1. The van der Waals surface area contributed by atoms with Crippen LogP contribution in [0.4, 0.5) is 5.69 Å². The van der Waals surface area contributed by atoms with Gasteiger partial charge in [0.25, 0.3) is 11.5 Å². The first-order valence-corrected chi connectivity index (χ1v) is 10.2. The van der Waals surface area contributed by atoms with Gasteiger partial charge in [-0.1, -0.05) is 31.0 Å². The van der Waals surface area contributed by atoms with Crippen molar-refractivity contribution in [3.8, 4) is 0 Å². The number of nitrogens with zero attached hydrogens (tertiary/aromatic N) is 2. The van der Waals surface area contributed by atoms with Gasteiger partial charge in [0, 0.05) is 23.6 Å². The third-order valence-corrected chi connectivity index (χ3v) is 5.46. The van der Waals surface area contributed by atoms with Crippen LogP contribution in [-0.2, 0) is 11.3 Å². The number of hydrogen-bond donors (Lipinski definition) is 2. The summed E-state index contributed by atoms with van der Waals surface area (Å²) >= 11 is 0. The van der Waals surface area contributed by atoms with Crippen molar-refractivity contribution in [1.29, 1.82) is 0 Å². The summed E-state index contributed by atoms with van der Waals surface area (Å²) in [5.74, 6) is -0.406. The fourth-order valence-corrected chi connectivity index (χ4v) is 3.98. The molecule has 1 aliphatic rings. The summed E-state index contributed by atoms with van der Waals surface area (Å²) in [5, 5.41) is 11.6. The Bertz CT molecular complexity index is 1150. The number of nitrogens with one attached hydrogen (secondary N) is 2. The smallest absolute Gasteiger partial charge is 0.274 e. The summed E-state index contributed by atoms with van der Waals surface area (Å²) in [7, 11) is 0. The van der Waals surface area contributed by atoms with Crippen LogP contribution in [-0.4, -0.2) is 21.6 Å². The van der Waals surface area contributed by atoms with E-state index in [1.54, 1.807) is 28.9 Å². The zero-order valence-corrected chi connectivity index (χ0v) is 16.9. The molecule has 2 N–H and O–H groups in total. The molecule has 0 bridgehead atoms. The number of benzene rings is 2. The van der Waals surface area contributed by atoms with E-state index in [9.17, 15) is 14.4 Å². The first-order chi connectivity index (χ1) is 14.5. The predicted octanol–water partition coefficient (Wildman–Crippen LogP) is 3.40. The lowest BCUT2D eigenvalue weighted by atomic mass is 10.1. The summed E-state index contributed by atoms with van der Waals surface area (Å²) in [4.78, 5) is 36.6. The zero-order valence-electron chi connectivity index (χ0n) is 16.9. The van der Waals surface area contributed by atoms with Crippen LogP contribution in [0, 0.1) is 0 Å². The molecule has 2 amide bonds. The molecule has 2 aromatic carbocycles. The van der Waals surface area contributed by atoms with E-state index in [1.165, 1.54) is 6.92 Å². The second-order valence-corrected chi connectivity index (χ2v) is 7.62. The Labute approximate surface area is 174 Å². The van der Waals surface area contributed by atoms with Gasteiger partial charge in [-0.2, -0.15) is 5.10 Å². The molecule has 0 saturated heterocycles. The number of amides is 2. The molecule has 1 heterocycles. The van der Waals surface area contributed by atoms with E-state index < -0.39 is 0 Å². The van der Waals surface area contributed by atoms with Crippen molar-refractivity contribution in [1.82, 2.24) is 15.1 Å². The van der Waals surface area contributed by atoms with Crippen molar-refractivity contribution in [3.63, 3.8) is 0 Å². The quantitative estimate of drug-likeness (QED) is 0.682. The average Bonchev–Trinajstić information content (AvgIpc) is 3.28. The fourth-order valence-electron chi connectivity index (χ4n) is 3.98. The van der Waals surface area contributed by atoms with E-state index in [0.29, 0.717) is 22.3 Å². The molecule has 7 nitrogen and oxygen atoms in total. The number of carbonyl (C=O) groups is 2. The first-order valence-electron chi connectivity index (χ1n) is 10.2. The van der Waals surface area contributed by atoms with Crippen LogP contribution in [0.3, 0.4) is 0 Å². The van der Waals surface area contributed by atoms with E-state index in [2.05, 4.69) is 15.7 Å². The zero-order chi connectivity index (χ0) is 21.1. The highest BCUT2D eigenvalue weighted by Gasteiger charge is 2.21. The Morgan fingerprint density at radius 1 is 1.03 bits per heavy atom. The molecule has 7 heteroatoms. The van der Waals surface area contributed by atoms with Crippen molar-refractivity contribution in [2.45, 2.75) is 45.2 Å². The third kappa shape index (κ3) is 4.10. The standard InChI is InChI=1S/C23H24N4O3/c1-15(28)25-17-12-10-16(11-13-17)22(29)24-14-21-19-8-4-5-9-20(19)23(30)27(26-21)18-6-2-3-7-18/h4-5,8-13,18H,2-3,6-7,14H2,1H3,(H,24,29)(H,25,28). The minimum atomic E-state index is -0.242. The highest BCUT2D eigenvalue weighted by Crippen LogP contribution is 2.28. The lowest BCUT2D eigenvalue weighted by Crippen LogP contribution is -2.30. The summed E-state index contributed by atoms with van der Waals surface area (Å²) in [5.41, 5.74) is 1.73. The maximum absolute atomic E-state index is 12.9. The normalized spacial score (nSPS) is 14.0. The Kier molecular flexibility index (Phi) is 5.61. The molecule has 4 rings (SSSR count). The molecule has 0 radical (unpaired) electrons. The number of rotatable bonds is 5. The molecular weight excluding hydrogens is 380 g/mol. The summed E-state index contributed by atoms with van der Waals surface area (Å²) in [6.45, 7) is 1.66. The number of carbonyl (C=O) groups excluding carboxylic acids is 2. The Hall–Kier alpha value is -3.48. The van der Waals surface area contributed by atoms with Gasteiger partial charge in [-0.3, -0.25) is 14.4 Å². The van der Waals surface area contributed by atoms with E-state index in [1.807, 2.05) is 24.3 Å². The third-order valence-electron chi connectivity index (χ3n) is 5.46. The van der Waals surface area contributed by atoms with Gasteiger partial charge in [0.2, 0.25) is 5.91 Å². The van der Waals surface area contributed by atoms with Gasteiger partial charge in [0.05, 0.1) is 23.7 Å². The van der Waals surface area contributed by atoms with Gasteiger partial charge >= 0.3 is 0 Å². The number of hydrogen-bond acceptors (Lipinski definition) is 4. The first kappa shape index (κ1) is 19.8. The van der Waals surface area contributed by atoms with Crippen molar-refractivity contribution in [2.24, 2.45) is 0 Å². The summed E-state index contributed by atoms with van der Waals surface area (Å²) < 4.78 is 1.61. The molecule has 1 aliphatic carbocycles. The molecule has 0 aliphatic heterocycles. The topological polar surface area (TPSA) is 93.1 Å². The number of anilines is 1. The van der Waals surface area contributed by atoms with Crippen LogP contribution in [0.2, 0.25) is 0 Å². The lowest BCUT2D eigenvalue weighted by Gasteiger charge is -2.16. The minimum absolute atomic E-state index is 0.0684. The summed E-state index contributed by atoms with van der Waals surface area (Å²) in [6.07, 6.45) is 4.12. The molecule has 3 aromatic rings. The van der Waals surface area contributed by atoms with E-state index in [4.69, 9.17) is 0 Å². The fraction of sp³-hybridized carbons (Fsp3) is 0.304. The Balaban J connectivity index is 1.57. The molecule has 0 unspecified atom stereocenters. The van der Waals surface area contributed by atoms with Gasteiger partial charge in [0.15, 0.2) is 0 Å². The molecule has 0 atom stereocenters. The molecule has 1 fully saturated rings. The molecule has 0 spiro atoms. The van der Waals surface area contributed by atoms with Crippen LogP contribution in [0.1, 0.15) is 54.7 Å². The Morgan fingerprint density at radius 3 is 2.37 bits per heavy atom. The monoisotopic (exact) mass is 404 g/mol. The molecule has 154 valence electrons. The van der Waals surface area contributed by atoms with Gasteiger partial charge in [-0.05, 0) is 43.2 Å². The second-order valence-electron chi connectivity index (χ2n) is 7.62. The maximum atomic E-state index is 12.9. The second kappa shape index (κ2) is 8.49. The van der Waals surface area contributed by atoms with Gasteiger partial charge in [-0.15, -0.1) is 0 Å². The highest BCUT2D eigenvalue weighted by atomic mass is 16.2. The SMILES string of the molecule is CC(=O)Nc1ccc(C(=O)NCc2nn(C3CCCC3)c(=O)c3ccccc23)cc1. The van der Waals surface area contributed by atoms with Crippen LogP contribution >= 0.6 is 0 Å². The predicted molar refractivity (Wildman–Crippen MR) is 115 cm³/mol. The van der Waals surface area contributed by atoms with Crippen molar-refractivity contribution in [3.05, 3.63) is 70.1 Å². The highest BCUT2D eigenvalue weighted by molar-refractivity contribution is 5.95. The van der Waals surface area contributed by atoms with Crippen molar-refractivity contribution >= 4 is 28.3 Å². The molecule has 30 heavy (non-hydrogen) atoms. The van der Waals surface area contributed by atoms with Crippen molar-refractivity contribution < 1.29 is 9.59 Å². The molecular formula is C23H24N4O3. The molecule has 1 aromatic heterocycles. The molecule has 1 saturated carbocycles. The minimum Gasteiger partial charge on any atom is -0.346 e. The van der Waals surface area contributed by atoms with Crippen LogP contribution < -0.4 is 16.2 Å². The van der Waals surface area contributed by atoms with Crippen LogP contribution in [0.15, 0.2) is 53.3 Å². The summed E-state index contributed by atoms with van der Waals surface area (Å²) in [6, 6.07) is 14.2. The van der Waals surface area contributed by atoms with E-state index >= 15 is 0 Å². The Morgan fingerprint density at radius 2 is 1.70 bits per heavy atom. The number of aromatic nitrogens is 2. The van der Waals surface area contributed by atoms with Gasteiger partial charge < -0.3 is 10.6 Å². The van der Waals surface area contributed by atoms with Crippen molar-refractivity contribution in [2.75, 3.05) is 5.32 Å². The van der Waals surface area contributed by atoms with Crippen LogP contribution in [0.5, 0.6) is 0 Å². The maximum Gasteiger partial charge on any atom is 0.274 e. The van der Waals surface area contributed by atoms with Gasteiger partial charge in [0.1, 0.15) is 0 Å². The van der Waals surface area contributed by atoms with Gasteiger partial charge in [-0.25, -0.2) is 4.68 Å². The lowest BCUT2D eigenvalue weighted by molar-refractivity contribution is -0.114. The largest absolute Gasteiger partial charge is 0.346 e. The van der Waals surface area contributed by atoms with Crippen LogP contribution in [0.25, 0.3) is 10.8 Å². The van der Waals surface area contributed by atoms with E-state index in [0.717, 1.165) is 31.1 Å². The van der Waals surface area contributed by atoms with E-state index in [-0.39, 0.29) is 30.0 Å².